The van der Waals surface area contributed by atoms with E-state index in [9.17, 15) is 14.4 Å². The van der Waals surface area contributed by atoms with Gasteiger partial charge in [-0.15, -0.1) is 0 Å². The molecule has 7 heteroatoms. The van der Waals surface area contributed by atoms with Crippen molar-refractivity contribution in [3.63, 3.8) is 0 Å². The van der Waals surface area contributed by atoms with Gasteiger partial charge in [-0.25, -0.2) is 4.79 Å². The van der Waals surface area contributed by atoms with E-state index in [0.717, 1.165) is 0 Å². The maximum atomic E-state index is 11.7. The van der Waals surface area contributed by atoms with E-state index < -0.39 is 11.9 Å². The van der Waals surface area contributed by atoms with Crippen LogP contribution in [0.4, 0.5) is 5.69 Å². The molecule has 0 aliphatic carbocycles. The summed E-state index contributed by atoms with van der Waals surface area (Å²) in [4.78, 5) is 33.9. The van der Waals surface area contributed by atoms with Crippen molar-refractivity contribution in [2.45, 2.75) is 6.92 Å². The number of amides is 2. The average Bonchev–Trinajstić information content (AvgIpc) is 2.45. The van der Waals surface area contributed by atoms with Crippen LogP contribution in [0.3, 0.4) is 0 Å². The van der Waals surface area contributed by atoms with Crippen molar-refractivity contribution in [2.24, 2.45) is 0 Å². The SMILES string of the molecule is COCCNC(=O)COC(=O)c1ccc(NC(C)=O)cc1. The first-order chi connectivity index (χ1) is 10.0. The van der Waals surface area contributed by atoms with E-state index in [1.54, 1.807) is 12.1 Å². The predicted molar refractivity (Wildman–Crippen MR) is 75.9 cm³/mol. The number of anilines is 1. The summed E-state index contributed by atoms with van der Waals surface area (Å²) in [5, 5.41) is 5.12. The fourth-order valence-electron chi connectivity index (χ4n) is 1.45. The maximum Gasteiger partial charge on any atom is 0.338 e. The summed E-state index contributed by atoms with van der Waals surface area (Å²) in [6, 6.07) is 6.18. The Balaban J connectivity index is 2.41. The van der Waals surface area contributed by atoms with E-state index in [1.807, 2.05) is 0 Å². The zero-order valence-electron chi connectivity index (χ0n) is 12.0. The molecule has 0 aromatic heterocycles. The number of hydrogen-bond acceptors (Lipinski definition) is 5. The molecule has 2 N–H and O–H groups in total. The average molecular weight is 294 g/mol. The molecule has 0 atom stereocenters. The van der Waals surface area contributed by atoms with Gasteiger partial charge in [0, 0.05) is 26.3 Å². The summed E-state index contributed by atoms with van der Waals surface area (Å²) < 4.78 is 9.64. The molecular formula is C14H18N2O5. The highest BCUT2D eigenvalue weighted by atomic mass is 16.5. The summed E-state index contributed by atoms with van der Waals surface area (Å²) in [7, 11) is 1.52. The quantitative estimate of drug-likeness (QED) is 0.566. The van der Waals surface area contributed by atoms with Gasteiger partial charge >= 0.3 is 5.97 Å². The van der Waals surface area contributed by atoms with E-state index >= 15 is 0 Å². The van der Waals surface area contributed by atoms with Crippen molar-refractivity contribution in [3.05, 3.63) is 29.8 Å². The van der Waals surface area contributed by atoms with E-state index in [1.165, 1.54) is 26.2 Å². The van der Waals surface area contributed by atoms with Crippen molar-refractivity contribution in [3.8, 4) is 0 Å². The van der Waals surface area contributed by atoms with Gasteiger partial charge in [-0.1, -0.05) is 0 Å². The molecule has 21 heavy (non-hydrogen) atoms. The molecule has 0 aliphatic rings. The molecule has 0 bridgehead atoms. The van der Waals surface area contributed by atoms with Gasteiger partial charge in [0.2, 0.25) is 5.91 Å². The molecule has 0 aliphatic heterocycles. The van der Waals surface area contributed by atoms with Crippen LogP contribution in [0, 0.1) is 0 Å². The minimum atomic E-state index is -0.605. The van der Waals surface area contributed by atoms with Crippen LogP contribution in [0.2, 0.25) is 0 Å². The lowest BCUT2D eigenvalue weighted by molar-refractivity contribution is -0.124. The van der Waals surface area contributed by atoms with Crippen LogP contribution in [-0.2, 0) is 19.1 Å². The van der Waals surface area contributed by atoms with E-state index in [-0.39, 0.29) is 12.5 Å². The van der Waals surface area contributed by atoms with Gasteiger partial charge in [-0.05, 0) is 24.3 Å². The summed E-state index contributed by atoms with van der Waals surface area (Å²) in [5.74, 6) is -1.19. The molecule has 1 rings (SSSR count). The lowest BCUT2D eigenvalue weighted by Crippen LogP contribution is -2.31. The Bertz CT molecular complexity index is 499. The zero-order chi connectivity index (χ0) is 15.7. The number of carbonyl (C=O) groups is 3. The lowest BCUT2D eigenvalue weighted by atomic mass is 10.2. The van der Waals surface area contributed by atoms with Gasteiger partial charge in [0.15, 0.2) is 6.61 Å². The van der Waals surface area contributed by atoms with Crippen LogP contribution in [0.25, 0.3) is 0 Å². The van der Waals surface area contributed by atoms with Crippen molar-refractivity contribution in [2.75, 3.05) is 32.2 Å². The topological polar surface area (TPSA) is 93.7 Å². The summed E-state index contributed by atoms with van der Waals surface area (Å²) in [5.41, 5.74) is 0.880. The molecular weight excluding hydrogens is 276 g/mol. The number of methoxy groups -OCH3 is 1. The zero-order valence-corrected chi connectivity index (χ0v) is 12.0. The Hall–Kier alpha value is -2.41. The molecule has 2 amide bonds. The van der Waals surface area contributed by atoms with Crippen LogP contribution in [0.1, 0.15) is 17.3 Å². The Morgan fingerprint density at radius 3 is 2.38 bits per heavy atom. The third kappa shape index (κ3) is 6.53. The summed E-state index contributed by atoms with van der Waals surface area (Å²) in [6.45, 7) is 1.79. The van der Waals surface area contributed by atoms with Crippen molar-refractivity contribution < 1.29 is 23.9 Å². The lowest BCUT2D eigenvalue weighted by Gasteiger charge is -2.07. The van der Waals surface area contributed by atoms with E-state index in [4.69, 9.17) is 9.47 Å². The van der Waals surface area contributed by atoms with E-state index in [0.29, 0.717) is 24.4 Å². The molecule has 7 nitrogen and oxygen atoms in total. The Morgan fingerprint density at radius 2 is 1.81 bits per heavy atom. The molecule has 0 heterocycles. The number of ether oxygens (including phenoxy) is 2. The molecule has 1 aromatic carbocycles. The number of rotatable bonds is 7. The van der Waals surface area contributed by atoms with Gasteiger partial charge in [-0.3, -0.25) is 9.59 Å². The normalized spacial score (nSPS) is 9.81. The predicted octanol–water partition coefficient (Wildman–Crippen LogP) is 0.564. The van der Waals surface area contributed by atoms with Gasteiger partial charge < -0.3 is 20.1 Å². The molecule has 114 valence electrons. The largest absolute Gasteiger partial charge is 0.452 e. The van der Waals surface area contributed by atoms with E-state index in [2.05, 4.69) is 10.6 Å². The van der Waals surface area contributed by atoms with Gasteiger partial charge in [-0.2, -0.15) is 0 Å². The highest BCUT2D eigenvalue weighted by Gasteiger charge is 2.10. The number of carbonyl (C=O) groups excluding carboxylic acids is 3. The van der Waals surface area contributed by atoms with Gasteiger partial charge in [0.05, 0.1) is 12.2 Å². The molecule has 0 spiro atoms. The Morgan fingerprint density at radius 1 is 1.14 bits per heavy atom. The fourth-order valence-corrected chi connectivity index (χ4v) is 1.45. The first kappa shape index (κ1) is 16.6. The first-order valence-electron chi connectivity index (χ1n) is 6.33. The fraction of sp³-hybridized carbons (Fsp3) is 0.357. The number of esters is 1. The molecule has 0 unspecified atom stereocenters. The molecule has 0 saturated carbocycles. The van der Waals surface area contributed by atoms with Crippen LogP contribution in [0.5, 0.6) is 0 Å². The van der Waals surface area contributed by atoms with Gasteiger partial charge in [0.1, 0.15) is 0 Å². The van der Waals surface area contributed by atoms with Crippen LogP contribution in [-0.4, -0.2) is 44.7 Å². The molecule has 0 fully saturated rings. The third-order valence-electron chi connectivity index (χ3n) is 2.40. The minimum Gasteiger partial charge on any atom is -0.452 e. The Labute approximate surface area is 122 Å². The summed E-state index contributed by atoms with van der Waals surface area (Å²) in [6.07, 6.45) is 0. The standard InChI is InChI=1S/C14H18N2O5/c1-10(17)16-12-5-3-11(4-6-12)14(19)21-9-13(18)15-7-8-20-2/h3-6H,7-9H2,1-2H3,(H,15,18)(H,16,17). The number of nitrogens with one attached hydrogen (secondary N) is 2. The van der Waals surface area contributed by atoms with Crippen LogP contribution < -0.4 is 10.6 Å². The third-order valence-corrected chi connectivity index (χ3v) is 2.40. The second kappa shape index (κ2) is 8.70. The second-order valence-corrected chi connectivity index (χ2v) is 4.18. The molecule has 0 saturated heterocycles. The Kier molecular flexibility index (Phi) is 6.90. The van der Waals surface area contributed by atoms with Crippen molar-refractivity contribution in [1.29, 1.82) is 0 Å². The van der Waals surface area contributed by atoms with Crippen LogP contribution >= 0.6 is 0 Å². The van der Waals surface area contributed by atoms with Crippen LogP contribution in [0.15, 0.2) is 24.3 Å². The summed E-state index contributed by atoms with van der Waals surface area (Å²) >= 11 is 0. The van der Waals surface area contributed by atoms with Crippen molar-refractivity contribution in [1.82, 2.24) is 5.32 Å². The monoisotopic (exact) mass is 294 g/mol. The highest BCUT2D eigenvalue weighted by molar-refractivity contribution is 5.93. The van der Waals surface area contributed by atoms with Gasteiger partial charge in [0.25, 0.3) is 5.91 Å². The van der Waals surface area contributed by atoms with Crippen molar-refractivity contribution >= 4 is 23.5 Å². The second-order valence-electron chi connectivity index (χ2n) is 4.18. The number of benzene rings is 1. The highest BCUT2D eigenvalue weighted by Crippen LogP contribution is 2.10. The first-order valence-corrected chi connectivity index (χ1v) is 6.33. The smallest absolute Gasteiger partial charge is 0.338 e. The maximum absolute atomic E-state index is 11.7. The molecule has 1 aromatic rings. The number of hydrogen-bond donors (Lipinski definition) is 2. The minimum absolute atomic E-state index is 0.196. The molecule has 0 radical (unpaired) electrons.